The Morgan fingerprint density at radius 3 is 2.55 bits per heavy atom. The topological polar surface area (TPSA) is 46.5 Å². The van der Waals surface area contributed by atoms with Crippen LogP contribution in [0.2, 0.25) is 0 Å². The maximum atomic E-state index is 11.2. The number of aromatic hydroxyl groups is 1. The highest BCUT2D eigenvalue weighted by Crippen LogP contribution is 2.35. The van der Waals surface area contributed by atoms with Crippen molar-refractivity contribution in [2.45, 2.75) is 53.4 Å². The highest BCUT2D eigenvalue weighted by molar-refractivity contribution is 5.70. The fourth-order valence-corrected chi connectivity index (χ4v) is 2.09. The first kappa shape index (κ1) is 16.3. The van der Waals surface area contributed by atoms with E-state index in [-0.39, 0.29) is 17.6 Å². The van der Waals surface area contributed by atoms with E-state index in [0.29, 0.717) is 11.3 Å². The van der Waals surface area contributed by atoms with E-state index in [1.165, 1.54) is 12.5 Å². The Hall–Kier alpha value is -1.77. The summed E-state index contributed by atoms with van der Waals surface area (Å²) in [7, 11) is 0. The Labute approximate surface area is 121 Å². The molecule has 0 spiro atoms. The van der Waals surface area contributed by atoms with Crippen LogP contribution in [0.4, 0.5) is 0 Å². The van der Waals surface area contributed by atoms with Gasteiger partial charge in [0, 0.05) is 12.5 Å². The van der Waals surface area contributed by atoms with Crippen LogP contribution in [0.3, 0.4) is 0 Å². The molecule has 0 bridgehead atoms. The third-order valence-corrected chi connectivity index (χ3v) is 3.27. The molecule has 0 aliphatic heterocycles. The molecule has 3 nitrogen and oxygen atoms in total. The monoisotopic (exact) mass is 276 g/mol. The van der Waals surface area contributed by atoms with E-state index in [1.807, 2.05) is 0 Å². The Kier molecular flexibility index (Phi) is 5.81. The first-order valence-electron chi connectivity index (χ1n) is 6.96. The van der Waals surface area contributed by atoms with Crippen LogP contribution in [0.15, 0.2) is 23.8 Å². The summed E-state index contributed by atoms with van der Waals surface area (Å²) in [5.74, 6) is 0.668. The predicted molar refractivity (Wildman–Crippen MR) is 81.2 cm³/mol. The Morgan fingerprint density at radius 2 is 2.00 bits per heavy atom. The second kappa shape index (κ2) is 7.13. The van der Waals surface area contributed by atoms with Crippen molar-refractivity contribution in [3.8, 4) is 11.5 Å². The summed E-state index contributed by atoms with van der Waals surface area (Å²) in [6.07, 6.45) is 4.11. The summed E-state index contributed by atoms with van der Waals surface area (Å²) in [6.45, 7) is 9.41. The minimum atomic E-state index is -0.340. The number of ether oxygens (including phenoxy) is 1. The van der Waals surface area contributed by atoms with Crippen molar-refractivity contribution in [1.82, 2.24) is 0 Å². The van der Waals surface area contributed by atoms with E-state index in [0.717, 1.165) is 18.4 Å². The number of aryl methyl sites for hydroxylation is 1. The van der Waals surface area contributed by atoms with Crippen LogP contribution in [0, 0.1) is 6.92 Å². The van der Waals surface area contributed by atoms with Gasteiger partial charge < -0.3 is 9.84 Å². The first-order chi connectivity index (χ1) is 9.31. The predicted octanol–water partition coefficient (Wildman–Crippen LogP) is 4.48. The number of phenolic OH excluding ortho intramolecular Hbond substituents is 1. The fraction of sp³-hybridized carbons (Fsp3) is 0.471. The molecule has 1 atom stereocenters. The van der Waals surface area contributed by atoms with Gasteiger partial charge in [0.15, 0.2) is 0 Å². The second-order valence-corrected chi connectivity index (χ2v) is 5.53. The molecular formula is C17H24O3. The summed E-state index contributed by atoms with van der Waals surface area (Å²) < 4.78 is 5.26. The molecule has 0 saturated heterocycles. The average Bonchev–Trinajstić information content (AvgIpc) is 2.32. The van der Waals surface area contributed by atoms with E-state index in [2.05, 4.69) is 26.8 Å². The van der Waals surface area contributed by atoms with Gasteiger partial charge in [-0.2, -0.15) is 0 Å². The lowest BCUT2D eigenvalue weighted by atomic mass is 9.93. The van der Waals surface area contributed by atoms with Crippen molar-refractivity contribution < 1.29 is 14.6 Å². The van der Waals surface area contributed by atoms with E-state index < -0.39 is 0 Å². The quantitative estimate of drug-likeness (QED) is 0.490. The second-order valence-electron chi connectivity index (χ2n) is 5.53. The van der Waals surface area contributed by atoms with E-state index >= 15 is 0 Å². The summed E-state index contributed by atoms with van der Waals surface area (Å²) >= 11 is 0. The summed E-state index contributed by atoms with van der Waals surface area (Å²) in [4.78, 5) is 11.2. The first-order valence-corrected chi connectivity index (χ1v) is 6.96. The number of hydrogen-bond donors (Lipinski definition) is 1. The third kappa shape index (κ3) is 4.72. The normalized spacial score (nSPS) is 11.8. The van der Waals surface area contributed by atoms with Gasteiger partial charge in [-0.25, -0.2) is 0 Å². The zero-order valence-corrected chi connectivity index (χ0v) is 13.0. The molecule has 1 unspecified atom stereocenters. The van der Waals surface area contributed by atoms with Crippen LogP contribution < -0.4 is 4.74 Å². The van der Waals surface area contributed by atoms with Gasteiger partial charge in [-0.15, -0.1) is 0 Å². The largest absolute Gasteiger partial charge is 0.508 e. The number of carbonyl (C=O) groups excluding carboxylic acids is 1. The van der Waals surface area contributed by atoms with Crippen LogP contribution in [-0.2, 0) is 4.79 Å². The molecule has 1 aromatic rings. The molecular weight excluding hydrogens is 252 g/mol. The van der Waals surface area contributed by atoms with Crippen LogP contribution in [0.1, 0.15) is 57.6 Å². The van der Waals surface area contributed by atoms with Gasteiger partial charge in [-0.3, -0.25) is 4.79 Å². The van der Waals surface area contributed by atoms with Crippen molar-refractivity contribution in [2.24, 2.45) is 0 Å². The highest BCUT2D eigenvalue weighted by atomic mass is 16.5. The standard InChI is InChI=1S/C17H24O3/c1-11(2)7-6-8-12(3)15-10-16(19)13(4)9-17(15)20-14(5)18/h7,9-10,12,19H,6,8H2,1-5H3. The number of phenols is 1. The van der Waals surface area contributed by atoms with Crippen molar-refractivity contribution in [2.75, 3.05) is 0 Å². The van der Waals surface area contributed by atoms with Crippen molar-refractivity contribution >= 4 is 5.97 Å². The maximum Gasteiger partial charge on any atom is 0.308 e. The Morgan fingerprint density at radius 1 is 1.35 bits per heavy atom. The van der Waals surface area contributed by atoms with Crippen LogP contribution in [0.25, 0.3) is 0 Å². The molecule has 0 fully saturated rings. The van der Waals surface area contributed by atoms with Crippen LogP contribution in [-0.4, -0.2) is 11.1 Å². The number of carbonyl (C=O) groups is 1. The number of benzene rings is 1. The summed E-state index contributed by atoms with van der Waals surface area (Å²) in [5, 5.41) is 9.87. The lowest BCUT2D eigenvalue weighted by Gasteiger charge is -2.17. The minimum absolute atomic E-state index is 0.214. The molecule has 110 valence electrons. The molecule has 20 heavy (non-hydrogen) atoms. The molecule has 0 aliphatic rings. The number of hydrogen-bond acceptors (Lipinski definition) is 3. The molecule has 1 N–H and O–H groups in total. The van der Waals surface area contributed by atoms with E-state index in [1.54, 1.807) is 19.1 Å². The number of rotatable bonds is 5. The fourth-order valence-electron chi connectivity index (χ4n) is 2.09. The molecule has 0 radical (unpaired) electrons. The minimum Gasteiger partial charge on any atom is -0.508 e. The molecule has 3 heteroatoms. The number of allylic oxidation sites excluding steroid dienone is 2. The Bertz CT molecular complexity index is 511. The van der Waals surface area contributed by atoms with Crippen molar-refractivity contribution in [3.05, 3.63) is 34.9 Å². The molecule has 1 rings (SSSR count). The average molecular weight is 276 g/mol. The van der Waals surface area contributed by atoms with Gasteiger partial charge >= 0.3 is 5.97 Å². The lowest BCUT2D eigenvalue weighted by molar-refractivity contribution is -0.131. The molecule has 0 saturated carbocycles. The van der Waals surface area contributed by atoms with E-state index in [4.69, 9.17) is 4.74 Å². The Balaban J connectivity index is 2.98. The zero-order chi connectivity index (χ0) is 15.3. The van der Waals surface area contributed by atoms with Gasteiger partial charge in [0.1, 0.15) is 11.5 Å². The highest BCUT2D eigenvalue weighted by Gasteiger charge is 2.15. The van der Waals surface area contributed by atoms with Crippen molar-refractivity contribution in [1.29, 1.82) is 0 Å². The SMILES string of the molecule is CC(=O)Oc1cc(C)c(O)cc1C(C)CCC=C(C)C. The van der Waals surface area contributed by atoms with Gasteiger partial charge in [0.2, 0.25) is 0 Å². The smallest absolute Gasteiger partial charge is 0.308 e. The maximum absolute atomic E-state index is 11.2. The molecule has 1 aromatic carbocycles. The third-order valence-electron chi connectivity index (χ3n) is 3.27. The van der Waals surface area contributed by atoms with E-state index in [9.17, 15) is 9.90 Å². The van der Waals surface area contributed by atoms with Crippen molar-refractivity contribution in [3.63, 3.8) is 0 Å². The van der Waals surface area contributed by atoms with Gasteiger partial charge in [0.05, 0.1) is 0 Å². The lowest BCUT2D eigenvalue weighted by Crippen LogP contribution is -2.06. The zero-order valence-electron chi connectivity index (χ0n) is 13.0. The van der Waals surface area contributed by atoms with Crippen LogP contribution >= 0.6 is 0 Å². The molecule has 0 heterocycles. The molecule has 0 aliphatic carbocycles. The molecule has 0 aromatic heterocycles. The van der Waals surface area contributed by atoms with Gasteiger partial charge in [0.25, 0.3) is 0 Å². The van der Waals surface area contributed by atoms with Crippen LogP contribution in [0.5, 0.6) is 11.5 Å². The van der Waals surface area contributed by atoms with Gasteiger partial charge in [-0.1, -0.05) is 18.6 Å². The molecule has 0 amide bonds. The summed E-state index contributed by atoms with van der Waals surface area (Å²) in [5.41, 5.74) is 2.89. The summed E-state index contributed by atoms with van der Waals surface area (Å²) in [6, 6.07) is 3.43. The number of esters is 1. The van der Waals surface area contributed by atoms with Gasteiger partial charge in [-0.05, 0) is 57.2 Å².